The van der Waals surface area contributed by atoms with Crippen LogP contribution in [0.25, 0.3) is 11.3 Å². The Bertz CT molecular complexity index is 1110. The van der Waals surface area contributed by atoms with E-state index in [1.54, 1.807) is 24.3 Å². The molecule has 0 aliphatic heterocycles. The number of hydrazone groups is 1. The van der Waals surface area contributed by atoms with Gasteiger partial charge >= 0.3 is 0 Å². The van der Waals surface area contributed by atoms with Crippen LogP contribution < -0.4 is 4.83 Å². The highest BCUT2D eigenvalue weighted by Gasteiger charge is 2.13. The fraction of sp³-hybridized carbons (Fsp3) is 0. The highest BCUT2D eigenvalue weighted by molar-refractivity contribution is 7.89. The van der Waals surface area contributed by atoms with Crippen molar-refractivity contribution in [3.63, 3.8) is 0 Å². The maximum atomic E-state index is 12.1. The summed E-state index contributed by atoms with van der Waals surface area (Å²) < 4.78 is 29.7. The fourth-order valence-electron chi connectivity index (χ4n) is 2.18. The van der Waals surface area contributed by atoms with Gasteiger partial charge < -0.3 is 4.42 Å². The van der Waals surface area contributed by atoms with Crippen molar-refractivity contribution >= 4 is 33.5 Å². The average molecular weight is 406 g/mol. The Balaban J connectivity index is 1.73. The zero-order valence-electron chi connectivity index (χ0n) is 13.6. The number of sulfonamides is 1. The summed E-state index contributed by atoms with van der Waals surface area (Å²) in [6, 6.07) is 14.8. The molecule has 2 aromatic carbocycles. The van der Waals surface area contributed by atoms with E-state index in [2.05, 4.69) is 9.93 Å². The molecule has 0 aliphatic carbocycles. The van der Waals surface area contributed by atoms with Gasteiger partial charge in [0.2, 0.25) is 0 Å². The highest BCUT2D eigenvalue weighted by atomic mass is 35.5. The molecule has 0 bridgehead atoms. The summed E-state index contributed by atoms with van der Waals surface area (Å²) in [6.45, 7) is 0. The van der Waals surface area contributed by atoms with Gasteiger partial charge in [0.25, 0.3) is 15.7 Å². The minimum atomic E-state index is -3.83. The highest BCUT2D eigenvalue weighted by Crippen LogP contribution is 2.25. The third-order valence-electron chi connectivity index (χ3n) is 3.46. The molecule has 1 heterocycles. The molecule has 3 aromatic rings. The number of hydrogen-bond acceptors (Lipinski definition) is 6. The summed E-state index contributed by atoms with van der Waals surface area (Å²) in [7, 11) is -3.83. The average Bonchev–Trinajstić information content (AvgIpc) is 3.11. The van der Waals surface area contributed by atoms with Crippen molar-refractivity contribution in [1.29, 1.82) is 0 Å². The molecule has 27 heavy (non-hydrogen) atoms. The van der Waals surface area contributed by atoms with E-state index in [9.17, 15) is 18.5 Å². The standard InChI is InChI=1S/C17H12ClN3O5S/c18-13-4-7-16(8-5-13)27(24,25)20-19-11-15-6-9-17(26-15)12-2-1-3-14(10-12)21(22)23/h1-11,20H/b19-11-. The number of hydrogen-bond donors (Lipinski definition) is 1. The number of nitro benzene ring substituents is 1. The topological polar surface area (TPSA) is 115 Å². The van der Waals surface area contributed by atoms with Crippen molar-refractivity contribution in [3.8, 4) is 11.3 Å². The van der Waals surface area contributed by atoms with Gasteiger partial charge in [-0.05, 0) is 36.4 Å². The lowest BCUT2D eigenvalue weighted by Crippen LogP contribution is -2.18. The van der Waals surface area contributed by atoms with Crippen molar-refractivity contribution in [2.24, 2.45) is 5.10 Å². The van der Waals surface area contributed by atoms with Crippen LogP contribution in [-0.4, -0.2) is 19.6 Å². The molecular weight excluding hydrogens is 394 g/mol. The first-order valence-corrected chi connectivity index (χ1v) is 9.36. The minimum Gasteiger partial charge on any atom is -0.455 e. The first kappa shape index (κ1) is 18.6. The zero-order valence-corrected chi connectivity index (χ0v) is 15.1. The Morgan fingerprint density at radius 1 is 1.11 bits per heavy atom. The van der Waals surface area contributed by atoms with Gasteiger partial charge in [0, 0.05) is 22.7 Å². The van der Waals surface area contributed by atoms with E-state index in [1.165, 1.54) is 42.6 Å². The fourth-order valence-corrected chi connectivity index (χ4v) is 3.09. The molecule has 8 nitrogen and oxygen atoms in total. The molecule has 10 heteroatoms. The van der Waals surface area contributed by atoms with Crippen molar-refractivity contribution in [1.82, 2.24) is 4.83 Å². The van der Waals surface area contributed by atoms with Crippen LogP contribution >= 0.6 is 11.6 Å². The summed E-state index contributed by atoms with van der Waals surface area (Å²) in [5.74, 6) is 0.663. The lowest BCUT2D eigenvalue weighted by atomic mass is 10.1. The molecule has 0 aliphatic rings. The number of nitro groups is 1. The summed E-state index contributed by atoms with van der Waals surface area (Å²) in [5.41, 5.74) is 0.459. The van der Waals surface area contributed by atoms with Crippen LogP contribution in [0.1, 0.15) is 5.76 Å². The predicted molar refractivity (Wildman–Crippen MR) is 100 cm³/mol. The quantitative estimate of drug-likeness (QED) is 0.380. The summed E-state index contributed by atoms with van der Waals surface area (Å²) in [4.78, 5) is 12.4. The van der Waals surface area contributed by atoms with Crippen LogP contribution in [0.15, 0.2) is 75.1 Å². The molecule has 138 valence electrons. The number of nitrogens with zero attached hydrogens (tertiary/aromatic N) is 2. The molecule has 0 fully saturated rings. The van der Waals surface area contributed by atoms with Crippen molar-refractivity contribution in [2.45, 2.75) is 4.90 Å². The van der Waals surface area contributed by atoms with E-state index in [0.29, 0.717) is 16.3 Å². The van der Waals surface area contributed by atoms with E-state index in [1.807, 2.05) is 0 Å². The van der Waals surface area contributed by atoms with Crippen LogP contribution in [-0.2, 0) is 10.0 Å². The molecular formula is C17H12ClN3O5S. The van der Waals surface area contributed by atoms with E-state index < -0.39 is 14.9 Å². The van der Waals surface area contributed by atoms with Gasteiger partial charge in [-0.15, -0.1) is 0 Å². The Labute approximate surface area is 159 Å². The van der Waals surface area contributed by atoms with Crippen LogP contribution in [0.2, 0.25) is 5.02 Å². The predicted octanol–water partition coefficient (Wildman–Crippen LogP) is 3.82. The molecule has 0 amide bonds. The second kappa shape index (κ2) is 7.60. The van der Waals surface area contributed by atoms with Gasteiger partial charge in [-0.2, -0.15) is 18.4 Å². The Kier molecular flexibility index (Phi) is 5.24. The van der Waals surface area contributed by atoms with E-state index in [4.69, 9.17) is 16.0 Å². The molecule has 0 spiro atoms. The van der Waals surface area contributed by atoms with E-state index in [-0.39, 0.29) is 16.3 Å². The van der Waals surface area contributed by atoms with Gasteiger partial charge in [0.1, 0.15) is 11.5 Å². The molecule has 1 N–H and O–H groups in total. The first-order chi connectivity index (χ1) is 12.8. The third-order valence-corrected chi connectivity index (χ3v) is 4.95. The molecule has 3 rings (SSSR count). The minimum absolute atomic E-state index is 0.0146. The summed E-state index contributed by atoms with van der Waals surface area (Å²) in [5, 5.41) is 14.9. The lowest BCUT2D eigenvalue weighted by molar-refractivity contribution is -0.384. The first-order valence-electron chi connectivity index (χ1n) is 7.50. The Morgan fingerprint density at radius 2 is 1.85 bits per heavy atom. The Hall–Kier alpha value is -3.17. The molecule has 0 saturated carbocycles. The van der Waals surface area contributed by atoms with Crippen LogP contribution in [0, 0.1) is 10.1 Å². The molecule has 0 atom stereocenters. The van der Waals surface area contributed by atoms with Crippen LogP contribution in [0.4, 0.5) is 5.69 Å². The Morgan fingerprint density at radius 3 is 2.56 bits per heavy atom. The lowest BCUT2D eigenvalue weighted by Gasteiger charge is -2.02. The molecule has 0 radical (unpaired) electrons. The van der Waals surface area contributed by atoms with Crippen molar-refractivity contribution < 1.29 is 17.8 Å². The monoisotopic (exact) mass is 405 g/mol. The maximum Gasteiger partial charge on any atom is 0.276 e. The number of non-ortho nitro benzene ring substituents is 1. The van der Waals surface area contributed by atoms with Gasteiger partial charge in [-0.3, -0.25) is 10.1 Å². The number of furan rings is 1. The smallest absolute Gasteiger partial charge is 0.276 e. The largest absolute Gasteiger partial charge is 0.455 e. The van der Waals surface area contributed by atoms with E-state index in [0.717, 1.165) is 0 Å². The normalized spacial score (nSPS) is 11.6. The molecule has 1 aromatic heterocycles. The van der Waals surface area contributed by atoms with Crippen LogP contribution in [0.3, 0.4) is 0 Å². The van der Waals surface area contributed by atoms with Crippen molar-refractivity contribution in [3.05, 3.63) is 81.6 Å². The molecule has 0 unspecified atom stereocenters. The SMILES string of the molecule is O=[N+]([O-])c1cccc(-c2ccc(/C=N\NS(=O)(=O)c3ccc(Cl)cc3)o2)c1. The number of benzene rings is 2. The molecule has 0 saturated heterocycles. The van der Waals surface area contributed by atoms with Crippen LogP contribution in [0.5, 0.6) is 0 Å². The van der Waals surface area contributed by atoms with Gasteiger partial charge in [-0.25, -0.2) is 0 Å². The number of halogens is 1. The van der Waals surface area contributed by atoms with Gasteiger partial charge in [0.15, 0.2) is 0 Å². The number of nitrogens with one attached hydrogen (secondary N) is 1. The van der Waals surface area contributed by atoms with E-state index >= 15 is 0 Å². The van der Waals surface area contributed by atoms with Crippen molar-refractivity contribution in [2.75, 3.05) is 0 Å². The maximum absolute atomic E-state index is 12.1. The second-order valence-electron chi connectivity index (χ2n) is 5.32. The summed E-state index contributed by atoms with van der Waals surface area (Å²) in [6.07, 6.45) is 1.19. The third kappa shape index (κ3) is 4.52. The summed E-state index contributed by atoms with van der Waals surface area (Å²) >= 11 is 5.73. The number of rotatable bonds is 6. The second-order valence-corrected chi connectivity index (χ2v) is 7.41. The van der Waals surface area contributed by atoms with Gasteiger partial charge in [-0.1, -0.05) is 23.7 Å². The zero-order chi connectivity index (χ0) is 19.4. The van der Waals surface area contributed by atoms with Gasteiger partial charge in [0.05, 0.1) is 16.0 Å².